The van der Waals surface area contributed by atoms with Crippen molar-refractivity contribution in [1.29, 1.82) is 0 Å². The van der Waals surface area contributed by atoms with Crippen molar-refractivity contribution >= 4 is 17.4 Å². The van der Waals surface area contributed by atoms with Crippen LogP contribution < -0.4 is 5.32 Å². The van der Waals surface area contributed by atoms with Crippen molar-refractivity contribution in [3.63, 3.8) is 0 Å². The van der Waals surface area contributed by atoms with Crippen LogP contribution in [0.15, 0.2) is 24.3 Å². The van der Waals surface area contributed by atoms with Gasteiger partial charge in [0.05, 0.1) is 11.5 Å². The van der Waals surface area contributed by atoms with E-state index in [9.17, 15) is 14.9 Å². The van der Waals surface area contributed by atoms with E-state index in [0.717, 1.165) is 12.8 Å². The maximum absolute atomic E-state index is 12.1. The van der Waals surface area contributed by atoms with Crippen LogP contribution in [0.3, 0.4) is 0 Å². The topological polar surface area (TPSA) is 75.5 Å². The predicted octanol–water partition coefficient (Wildman–Crippen LogP) is 2.47. The van der Waals surface area contributed by atoms with Crippen LogP contribution in [0.1, 0.15) is 12.8 Å². The normalized spacial score (nSPS) is 13.3. The van der Waals surface area contributed by atoms with Gasteiger partial charge in [0.25, 0.3) is 5.69 Å². The van der Waals surface area contributed by atoms with Crippen molar-refractivity contribution in [2.75, 3.05) is 18.4 Å². The molecule has 1 aliphatic rings. The van der Waals surface area contributed by atoms with Gasteiger partial charge < -0.3 is 10.2 Å². The summed E-state index contributed by atoms with van der Waals surface area (Å²) in [7, 11) is 0. The third kappa shape index (κ3) is 3.72. The van der Waals surface area contributed by atoms with Gasteiger partial charge >= 0.3 is 6.03 Å². The average molecular weight is 273 g/mol. The fourth-order valence-electron chi connectivity index (χ4n) is 1.84. The van der Waals surface area contributed by atoms with Crippen molar-refractivity contribution in [2.24, 2.45) is 5.92 Å². The van der Waals surface area contributed by atoms with Crippen molar-refractivity contribution in [3.05, 3.63) is 34.4 Å². The summed E-state index contributed by atoms with van der Waals surface area (Å²) >= 11 is 0. The number of nitrogens with one attached hydrogen (secondary N) is 1. The second-order valence-electron chi connectivity index (χ2n) is 4.77. The zero-order valence-corrected chi connectivity index (χ0v) is 10.9. The number of carbonyl (C=O) groups is 1. The number of carbonyl (C=O) groups excluding carboxylic acids is 1. The highest BCUT2D eigenvalue weighted by Gasteiger charge is 2.26. The van der Waals surface area contributed by atoms with E-state index >= 15 is 0 Å². The molecule has 2 amide bonds. The second-order valence-corrected chi connectivity index (χ2v) is 4.77. The van der Waals surface area contributed by atoms with E-state index in [-0.39, 0.29) is 18.3 Å². The van der Waals surface area contributed by atoms with E-state index in [4.69, 9.17) is 6.42 Å². The number of urea groups is 1. The first kappa shape index (κ1) is 13.9. The molecule has 0 unspecified atom stereocenters. The van der Waals surface area contributed by atoms with Gasteiger partial charge in [-0.3, -0.25) is 10.1 Å². The Morgan fingerprint density at radius 1 is 1.55 bits per heavy atom. The molecule has 20 heavy (non-hydrogen) atoms. The van der Waals surface area contributed by atoms with Crippen molar-refractivity contribution in [2.45, 2.75) is 12.8 Å². The molecular weight excluding hydrogens is 258 g/mol. The number of hydrogen-bond donors (Lipinski definition) is 1. The number of rotatable bonds is 5. The van der Waals surface area contributed by atoms with E-state index in [1.165, 1.54) is 18.2 Å². The van der Waals surface area contributed by atoms with Gasteiger partial charge in [-0.15, -0.1) is 6.42 Å². The van der Waals surface area contributed by atoms with Gasteiger partial charge in [-0.25, -0.2) is 4.79 Å². The SMILES string of the molecule is C#CCN(CC1CC1)C(=O)Nc1cccc([N+](=O)[O-])c1. The fraction of sp³-hybridized carbons (Fsp3) is 0.357. The van der Waals surface area contributed by atoms with Crippen LogP contribution in [0.25, 0.3) is 0 Å². The number of amides is 2. The molecule has 1 saturated carbocycles. The summed E-state index contributed by atoms with van der Waals surface area (Å²) in [6.07, 6.45) is 7.49. The van der Waals surface area contributed by atoms with Crippen LogP contribution in [0.4, 0.5) is 16.2 Å². The number of nitro groups is 1. The molecule has 1 fully saturated rings. The first-order chi connectivity index (χ1) is 9.60. The monoisotopic (exact) mass is 273 g/mol. The minimum Gasteiger partial charge on any atom is -0.313 e. The molecular formula is C14H15N3O3. The molecule has 1 N–H and O–H groups in total. The van der Waals surface area contributed by atoms with Gasteiger partial charge in [-0.1, -0.05) is 12.0 Å². The van der Waals surface area contributed by atoms with Gasteiger partial charge in [-0.05, 0) is 24.8 Å². The van der Waals surface area contributed by atoms with E-state index in [0.29, 0.717) is 18.2 Å². The summed E-state index contributed by atoms with van der Waals surface area (Å²) in [6, 6.07) is 5.51. The number of nitro benzene ring substituents is 1. The van der Waals surface area contributed by atoms with E-state index in [1.807, 2.05) is 0 Å². The Labute approximate surface area is 116 Å². The second kappa shape index (κ2) is 6.06. The lowest BCUT2D eigenvalue weighted by molar-refractivity contribution is -0.384. The quantitative estimate of drug-likeness (QED) is 0.508. The molecule has 1 aliphatic carbocycles. The minimum absolute atomic E-state index is 0.0616. The Morgan fingerprint density at radius 2 is 2.30 bits per heavy atom. The molecule has 0 aliphatic heterocycles. The van der Waals surface area contributed by atoms with E-state index in [2.05, 4.69) is 11.2 Å². The molecule has 1 aromatic rings. The predicted molar refractivity (Wildman–Crippen MR) is 75.2 cm³/mol. The molecule has 104 valence electrons. The zero-order chi connectivity index (χ0) is 14.5. The standard InChI is InChI=1S/C14H15N3O3/c1-2-8-16(10-11-6-7-11)14(18)15-12-4-3-5-13(9-12)17(19)20/h1,3-5,9,11H,6-8,10H2,(H,15,18). The number of terminal acetylenes is 1. The molecule has 6 heteroatoms. The smallest absolute Gasteiger partial charge is 0.313 e. The van der Waals surface area contributed by atoms with Crippen LogP contribution in [-0.2, 0) is 0 Å². The lowest BCUT2D eigenvalue weighted by Gasteiger charge is -2.20. The number of hydrogen-bond acceptors (Lipinski definition) is 3. The number of non-ortho nitro benzene ring substituents is 1. The van der Waals surface area contributed by atoms with Gasteiger partial charge in [0.2, 0.25) is 0 Å². The summed E-state index contributed by atoms with van der Waals surface area (Å²) in [5.41, 5.74) is 0.329. The van der Waals surface area contributed by atoms with Crippen LogP contribution in [0.5, 0.6) is 0 Å². The van der Waals surface area contributed by atoms with Crippen LogP contribution in [-0.4, -0.2) is 28.9 Å². The van der Waals surface area contributed by atoms with Crippen molar-refractivity contribution < 1.29 is 9.72 Å². The number of nitrogens with zero attached hydrogens (tertiary/aromatic N) is 2. The maximum atomic E-state index is 12.1. The Hall–Kier alpha value is -2.55. The average Bonchev–Trinajstić information content (AvgIpc) is 3.22. The molecule has 0 saturated heterocycles. The molecule has 1 aromatic carbocycles. The third-order valence-electron chi connectivity index (χ3n) is 3.05. The summed E-state index contributed by atoms with van der Waals surface area (Å²) in [6.45, 7) is 0.863. The van der Waals surface area contributed by atoms with Crippen LogP contribution in [0.2, 0.25) is 0 Å². The Kier molecular flexibility index (Phi) is 4.20. The molecule has 0 bridgehead atoms. The number of benzene rings is 1. The largest absolute Gasteiger partial charge is 0.322 e. The summed E-state index contributed by atoms with van der Waals surface area (Å²) in [5.74, 6) is 2.98. The Bertz CT molecular complexity index is 561. The Morgan fingerprint density at radius 3 is 2.90 bits per heavy atom. The Balaban J connectivity index is 2.03. The zero-order valence-electron chi connectivity index (χ0n) is 10.9. The van der Waals surface area contributed by atoms with Crippen LogP contribution >= 0.6 is 0 Å². The summed E-state index contributed by atoms with van der Waals surface area (Å²) in [4.78, 5) is 23.8. The van der Waals surface area contributed by atoms with E-state index in [1.54, 1.807) is 11.0 Å². The molecule has 2 rings (SSSR count). The summed E-state index contributed by atoms with van der Waals surface area (Å²) < 4.78 is 0. The molecule has 0 heterocycles. The van der Waals surface area contributed by atoms with Crippen molar-refractivity contribution in [3.8, 4) is 12.3 Å². The summed E-state index contributed by atoms with van der Waals surface area (Å²) in [5, 5.41) is 13.3. The highest BCUT2D eigenvalue weighted by atomic mass is 16.6. The highest BCUT2D eigenvalue weighted by molar-refractivity contribution is 5.89. The van der Waals surface area contributed by atoms with Gasteiger partial charge in [0.15, 0.2) is 0 Å². The highest BCUT2D eigenvalue weighted by Crippen LogP contribution is 2.29. The first-order valence-corrected chi connectivity index (χ1v) is 6.34. The van der Waals surface area contributed by atoms with Gasteiger partial charge in [0, 0.05) is 24.4 Å². The maximum Gasteiger partial charge on any atom is 0.322 e. The number of anilines is 1. The third-order valence-corrected chi connectivity index (χ3v) is 3.05. The molecule has 0 spiro atoms. The van der Waals surface area contributed by atoms with Gasteiger partial charge in [-0.2, -0.15) is 0 Å². The van der Waals surface area contributed by atoms with E-state index < -0.39 is 4.92 Å². The van der Waals surface area contributed by atoms with Crippen LogP contribution in [0, 0.1) is 28.4 Å². The minimum atomic E-state index is -0.501. The molecule has 6 nitrogen and oxygen atoms in total. The lowest BCUT2D eigenvalue weighted by Crippen LogP contribution is -2.36. The molecule has 0 atom stereocenters. The lowest BCUT2D eigenvalue weighted by atomic mass is 10.3. The molecule has 0 radical (unpaired) electrons. The first-order valence-electron chi connectivity index (χ1n) is 6.34. The molecule has 0 aromatic heterocycles. The fourth-order valence-corrected chi connectivity index (χ4v) is 1.84. The van der Waals surface area contributed by atoms with Crippen molar-refractivity contribution in [1.82, 2.24) is 4.90 Å². The van der Waals surface area contributed by atoms with Gasteiger partial charge in [0.1, 0.15) is 0 Å².